The van der Waals surface area contributed by atoms with E-state index in [1.807, 2.05) is 42.5 Å². The van der Waals surface area contributed by atoms with E-state index in [-0.39, 0.29) is 18.4 Å². The first-order valence-electron chi connectivity index (χ1n) is 9.87. The number of para-hydroxylation sites is 1. The van der Waals surface area contributed by atoms with Crippen molar-refractivity contribution in [2.75, 3.05) is 35.7 Å². The summed E-state index contributed by atoms with van der Waals surface area (Å²) in [6, 6.07) is 23.7. The van der Waals surface area contributed by atoms with E-state index in [1.54, 1.807) is 54.4 Å². The second kappa shape index (κ2) is 10.6. The van der Waals surface area contributed by atoms with Gasteiger partial charge in [-0.15, -0.1) is 0 Å². The quantitative estimate of drug-likeness (QED) is 0.502. The van der Waals surface area contributed by atoms with Crippen molar-refractivity contribution in [2.24, 2.45) is 0 Å². The highest BCUT2D eigenvalue weighted by Gasteiger charge is 2.14. The van der Waals surface area contributed by atoms with Crippen LogP contribution in [0.4, 0.5) is 17.1 Å². The molecule has 3 aromatic carbocycles. The normalized spacial score (nSPS) is 10.1. The fourth-order valence-electron chi connectivity index (χ4n) is 2.93. The van der Waals surface area contributed by atoms with Gasteiger partial charge in [-0.3, -0.25) is 9.59 Å². The van der Waals surface area contributed by atoms with Crippen LogP contribution in [0, 0.1) is 0 Å². The van der Waals surface area contributed by atoms with Gasteiger partial charge in [0.1, 0.15) is 12.4 Å². The fourth-order valence-corrected chi connectivity index (χ4v) is 2.93. The van der Waals surface area contributed by atoms with Crippen molar-refractivity contribution in [3.8, 4) is 5.75 Å². The number of hydrogen-bond donors (Lipinski definition) is 2. The van der Waals surface area contributed by atoms with Gasteiger partial charge in [0.05, 0.1) is 6.54 Å². The SMILES string of the molecule is C=CCOc1cccc(NC(=O)CNc2cccc(C(=O)N(C)c3ccccc3)c2)c1. The molecule has 0 saturated carbocycles. The zero-order chi connectivity index (χ0) is 22.1. The minimum atomic E-state index is -0.209. The molecule has 0 aromatic heterocycles. The maximum atomic E-state index is 12.8. The molecule has 0 aliphatic heterocycles. The summed E-state index contributed by atoms with van der Waals surface area (Å²) in [7, 11) is 1.73. The predicted octanol–water partition coefficient (Wildman–Crippen LogP) is 4.58. The van der Waals surface area contributed by atoms with Gasteiger partial charge in [0, 0.05) is 35.7 Å². The Kier molecular flexibility index (Phi) is 7.43. The van der Waals surface area contributed by atoms with Gasteiger partial charge in [0.2, 0.25) is 5.91 Å². The number of carbonyl (C=O) groups excluding carboxylic acids is 2. The zero-order valence-electron chi connectivity index (χ0n) is 17.4. The van der Waals surface area contributed by atoms with Crippen LogP contribution in [0.1, 0.15) is 10.4 Å². The summed E-state index contributed by atoms with van der Waals surface area (Å²) in [5.41, 5.74) is 2.67. The van der Waals surface area contributed by atoms with Crippen LogP contribution in [0.3, 0.4) is 0 Å². The zero-order valence-corrected chi connectivity index (χ0v) is 17.4. The van der Waals surface area contributed by atoms with E-state index in [1.165, 1.54) is 0 Å². The van der Waals surface area contributed by atoms with Crippen LogP contribution in [0.15, 0.2) is 91.5 Å². The molecule has 0 aliphatic rings. The van der Waals surface area contributed by atoms with E-state index < -0.39 is 0 Å². The number of anilines is 3. The van der Waals surface area contributed by atoms with Gasteiger partial charge in [-0.05, 0) is 42.5 Å². The highest BCUT2D eigenvalue weighted by molar-refractivity contribution is 6.06. The van der Waals surface area contributed by atoms with E-state index in [4.69, 9.17) is 4.74 Å². The average molecular weight is 415 g/mol. The summed E-state index contributed by atoms with van der Waals surface area (Å²) in [4.78, 5) is 26.7. The molecule has 0 spiro atoms. The van der Waals surface area contributed by atoms with Crippen LogP contribution in [-0.4, -0.2) is 32.0 Å². The van der Waals surface area contributed by atoms with Crippen LogP contribution < -0.4 is 20.3 Å². The number of nitrogens with zero attached hydrogens (tertiary/aromatic N) is 1. The molecule has 0 unspecified atom stereocenters. The maximum Gasteiger partial charge on any atom is 0.258 e. The number of hydrogen-bond acceptors (Lipinski definition) is 4. The van der Waals surface area contributed by atoms with Crippen molar-refractivity contribution in [1.82, 2.24) is 0 Å². The maximum absolute atomic E-state index is 12.8. The summed E-state index contributed by atoms with van der Waals surface area (Å²) in [5.74, 6) is 0.314. The van der Waals surface area contributed by atoms with Crippen LogP contribution in [0.2, 0.25) is 0 Å². The minimum Gasteiger partial charge on any atom is -0.489 e. The lowest BCUT2D eigenvalue weighted by molar-refractivity contribution is -0.114. The van der Waals surface area contributed by atoms with Crippen LogP contribution >= 0.6 is 0 Å². The Balaban J connectivity index is 1.58. The number of benzene rings is 3. The number of carbonyl (C=O) groups is 2. The Hall–Kier alpha value is -4.06. The minimum absolute atomic E-state index is 0.0594. The van der Waals surface area contributed by atoms with Gasteiger partial charge < -0.3 is 20.3 Å². The second-order valence-corrected chi connectivity index (χ2v) is 6.81. The van der Waals surface area contributed by atoms with Crippen LogP contribution in [0.25, 0.3) is 0 Å². The van der Waals surface area contributed by atoms with Crippen molar-refractivity contribution in [1.29, 1.82) is 0 Å². The lowest BCUT2D eigenvalue weighted by atomic mass is 10.1. The molecule has 3 rings (SSSR count). The number of rotatable bonds is 9. The van der Waals surface area contributed by atoms with E-state index in [2.05, 4.69) is 17.2 Å². The molecule has 0 radical (unpaired) electrons. The summed E-state index contributed by atoms with van der Waals surface area (Å²) < 4.78 is 5.47. The predicted molar refractivity (Wildman–Crippen MR) is 125 cm³/mol. The molecular formula is C25H25N3O3. The fraction of sp³-hybridized carbons (Fsp3) is 0.120. The van der Waals surface area contributed by atoms with E-state index in [0.717, 1.165) is 5.69 Å². The molecule has 6 heteroatoms. The van der Waals surface area contributed by atoms with Gasteiger partial charge in [0.15, 0.2) is 0 Å². The Morgan fingerprint density at radius 2 is 1.71 bits per heavy atom. The molecule has 0 fully saturated rings. The first-order valence-corrected chi connectivity index (χ1v) is 9.87. The number of amides is 2. The second-order valence-electron chi connectivity index (χ2n) is 6.81. The number of ether oxygens (including phenoxy) is 1. The third kappa shape index (κ3) is 6.21. The van der Waals surface area contributed by atoms with E-state index >= 15 is 0 Å². The van der Waals surface area contributed by atoms with Gasteiger partial charge >= 0.3 is 0 Å². The van der Waals surface area contributed by atoms with Gasteiger partial charge in [-0.2, -0.15) is 0 Å². The summed E-state index contributed by atoms with van der Waals surface area (Å²) in [6.45, 7) is 4.07. The molecular weight excluding hydrogens is 390 g/mol. The molecule has 31 heavy (non-hydrogen) atoms. The largest absolute Gasteiger partial charge is 0.489 e. The molecule has 0 atom stereocenters. The van der Waals surface area contributed by atoms with Crippen molar-refractivity contribution >= 4 is 28.9 Å². The Morgan fingerprint density at radius 3 is 2.48 bits per heavy atom. The van der Waals surface area contributed by atoms with Crippen molar-refractivity contribution in [2.45, 2.75) is 0 Å². The molecule has 3 aromatic rings. The van der Waals surface area contributed by atoms with E-state index in [0.29, 0.717) is 29.3 Å². The van der Waals surface area contributed by atoms with Crippen LogP contribution in [-0.2, 0) is 4.79 Å². The number of nitrogens with one attached hydrogen (secondary N) is 2. The summed E-state index contributed by atoms with van der Waals surface area (Å²) >= 11 is 0. The van der Waals surface area contributed by atoms with Crippen molar-refractivity contribution < 1.29 is 14.3 Å². The molecule has 0 aliphatic carbocycles. The van der Waals surface area contributed by atoms with E-state index in [9.17, 15) is 9.59 Å². The molecule has 158 valence electrons. The Morgan fingerprint density at radius 1 is 0.968 bits per heavy atom. The van der Waals surface area contributed by atoms with Gasteiger partial charge in [0.25, 0.3) is 5.91 Å². The molecule has 0 bridgehead atoms. The first kappa shape index (κ1) is 21.6. The lowest BCUT2D eigenvalue weighted by Crippen LogP contribution is -2.26. The van der Waals surface area contributed by atoms with Crippen molar-refractivity contribution in [3.63, 3.8) is 0 Å². The Labute approximate surface area is 182 Å². The highest BCUT2D eigenvalue weighted by atomic mass is 16.5. The monoisotopic (exact) mass is 415 g/mol. The van der Waals surface area contributed by atoms with Gasteiger partial charge in [-0.1, -0.05) is 43.0 Å². The molecule has 0 heterocycles. The molecule has 2 amide bonds. The summed E-state index contributed by atoms with van der Waals surface area (Å²) in [5, 5.41) is 5.88. The van der Waals surface area contributed by atoms with Gasteiger partial charge in [-0.25, -0.2) is 0 Å². The lowest BCUT2D eigenvalue weighted by Gasteiger charge is -2.18. The van der Waals surface area contributed by atoms with Crippen LogP contribution in [0.5, 0.6) is 5.75 Å². The smallest absolute Gasteiger partial charge is 0.258 e. The topological polar surface area (TPSA) is 70.7 Å². The third-order valence-electron chi connectivity index (χ3n) is 4.50. The molecule has 0 saturated heterocycles. The summed E-state index contributed by atoms with van der Waals surface area (Å²) in [6.07, 6.45) is 1.66. The molecule has 2 N–H and O–H groups in total. The third-order valence-corrected chi connectivity index (χ3v) is 4.50. The van der Waals surface area contributed by atoms with Crippen molar-refractivity contribution in [3.05, 3.63) is 97.1 Å². The standard InChI is InChI=1S/C25H25N3O3/c1-3-15-31-23-14-8-11-21(17-23)27-24(29)18-26-20-10-7-9-19(16-20)25(30)28(2)22-12-5-4-6-13-22/h3-14,16-17,26H,1,15,18H2,2H3,(H,27,29). The Bertz CT molecular complexity index is 1050. The first-order chi connectivity index (χ1) is 15.1. The molecule has 6 nitrogen and oxygen atoms in total. The highest BCUT2D eigenvalue weighted by Crippen LogP contribution is 2.19. The average Bonchev–Trinajstić information content (AvgIpc) is 2.81.